The Bertz CT molecular complexity index is 522. The Balaban J connectivity index is 1.96. The maximum Gasteiger partial charge on any atom is 0.309 e. The highest BCUT2D eigenvalue weighted by Gasteiger charge is 2.37. The number of halogens is 1. The first kappa shape index (κ1) is 14.9. The molecule has 20 heavy (non-hydrogen) atoms. The van der Waals surface area contributed by atoms with Gasteiger partial charge in [-0.3, -0.25) is 9.59 Å². The molecule has 1 aliphatic heterocycles. The normalized spacial score (nSPS) is 17.8. The summed E-state index contributed by atoms with van der Waals surface area (Å²) in [5.41, 5.74) is 0.104. The average molecular weight is 296 g/mol. The first-order valence-electron chi connectivity index (χ1n) is 6.67. The summed E-state index contributed by atoms with van der Waals surface area (Å²) in [5, 5.41) is 9.76. The number of benzene rings is 1. The number of hydrogen-bond donors (Lipinski definition) is 1. The minimum absolute atomic E-state index is 0.00513. The molecule has 1 saturated heterocycles. The number of likely N-dealkylation sites (tertiary alicyclic amines) is 1. The average Bonchev–Trinajstić information content (AvgIpc) is 2.42. The maximum atomic E-state index is 12.2. The van der Waals surface area contributed by atoms with Crippen LogP contribution in [0.5, 0.6) is 0 Å². The van der Waals surface area contributed by atoms with Gasteiger partial charge in [-0.25, -0.2) is 0 Å². The van der Waals surface area contributed by atoms with Crippen molar-refractivity contribution in [2.75, 3.05) is 13.1 Å². The molecule has 108 valence electrons. The van der Waals surface area contributed by atoms with Crippen LogP contribution in [0.4, 0.5) is 0 Å². The van der Waals surface area contributed by atoms with Gasteiger partial charge in [-0.2, -0.15) is 0 Å². The zero-order valence-corrected chi connectivity index (χ0v) is 12.2. The zero-order chi connectivity index (χ0) is 14.8. The van der Waals surface area contributed by atoms with E-state index in [1.807, 2.05) is 18.2 Å². The van der Waals surface area contributed by atoms with E-state index in [1.54, 1.807) is 17.9 Å². The molecule has 4 nitrogen and oxygen atoms in total. The van der Waals surface area contributed by atoms with Gasteiger partial charge in [0.2, 0.25) is 5.91 Å². The number of carboxylic acid groups (broad SMARTS) is 1. The lowest BCUT2D eigenvalue weighted by Crippen LogP contribution is -2.45. The summed E-state index contributed by atoms with van der Waals surface area (Å²) in [6.07, 6.45) is 1.26. The van der Waals surface area contributed by atoms with Gasteiger partial charge in [0, 0.05) is 18.1 Å². The van der Waals surface area contributed by atoms with E-state index >= 15 is 0 Å². The van der Waals surface area contributed by atoms with Crippen LogP contribution >= 0.6 is 11.6 Å². The number of aliphatic carboxylic acids is 1. The van der Waals surface area contributed by atoms with Crippen molar-refractivity contribution < 1.29 is 14.7 Å². The van der Waals surface area contributed by atoms with Gasteiger partial charge in [-0.05, 0) is 31.4 Å². The van der Waals surface area contributed by atoms with Gasteiger partial charge in [0.25, 0.3) is 0 Å². The maximum absolute atomic E-state index is 12.2. The van der Waals surface area contributed by atoms with Crippen LogP contribution in [0.25, 0.3) is 0 Å². The second-order valence-corrected chi connectivity index (χ2v) is 5.92. The first-order chi connectivity index (χ1) is 9.42. The minimum atomic E-state index is -0.782. The van der Waals surface area contributed by atoms with Crippen molar-refractivity contribution in [3.8, 4) is 0 Å². The molecule has 2 rings (SSSR count). The molecule has 1 N–H and O–H groups in total. The van der Waals surface area contributed by atoms with Crippen LogP contribution in [0.2, 0.25) is 5.02 Å². The third-order valence-corrected chi connectivity index (χ3v) is 4.40. The molecular weight excluding hydrogens is 278 g/mol. The third kappa shape index (κ3) is 3.12. The number of hydrogen-bond acceptors (Lipinski definition) is 2. The summed E-state index contributed by atoms with van der Waals surface area (Å²) in [6.45, 7) is 2.73. The van der Waals surface area contributed by atoms with Crippen molar-refractivity contribution in [1.29, 1.82) is 0 Å². The Hall–Kier alpha value is -1.55. The van der Waals surface area contributed by atoms with E-state index in [-0.39, 0.29) is 12.3 Å². The molecule has 1 aromatic rings. The van der Waals surface area contributed by atoms with Gasteiger partial charge in [0.15, 0.2) is 0 Å². The monoisotopic (exact) mass is 295 g/mol. The van der Waals surface area contributed by atoms with E-state index in [4.69, 9.17) is 11.6 Å². The second kappa shape index (κ2) is 5.83. The second-order valence-electron chi connectivity index (χ2n) is 5.51. The molecule has 1 heterocycles. The fourth-order valence-electron chi connectivity index (χ4n) is 2.38. The van der Waals surface area contributed by atoms with Crippen molar-refractivity contribution in [3.05, 3.63) is 34.9 Å². The summed E-state index contributed by atoms with van der Waals surface area (Å²) in [6, 6.07) is 7.29. The van der Waals surface area contributed by atoms with E-state index in [1.165, 1.54) is 0 Å². The van der Waals surface area contributed by atoms with Gasteiger partial charge in [0.1, 0.15) is 0 Å². The third-order valence-electron chi connectivity index (χ3n) is 4.04. The number of rotatable bonds is 3. The Morgan fingerprint density at radius 2 is 1.90 bits per heavy atom. The van der Waals surface area contributed by atoms with E-state index in [0.717, 1.165) is 5.56 Å². The van der Waals surface area contributed by atoms with Crippen molar-refractivity contribution in [3.63, 3.8) is 0 Å². The topological polar surface area (TPSA) is 57.6 Å². The number of amides is 1. The van der Waals surface area contributed by atoms with Crippen molar-refractivity contribution in [2.45, 2.75) is 26.2 Å². The number of piperidine rings is 1. The van der Waals surface area contributed by atoms with Crippen molar-refractivity contribution in [2.24, 2.45) is 5.41 Å². The molecule has 0 saturated carbocycles. The molecule has 1 amide bonds. The lowest BCUT2D eigenvalue weighted by atomic mass is 9.80. The summed E-state index contributed by atoms with van der Waals surface area (Å²) < 4.78 is 0. The predicted molar refractivity (Wildman–Crippen MR) is 76.7 cm³/mol. The van der Waals surface area contributed by atoms with Gasteiger partial charge in [-0.15, -0.1) is 0 Å². The fourth-order valence-corrected chi connectivity index (χ4v) is 2.58. The van der Waals surface area contributed by atoms with Gasteiger partial charge in [-0.1, -0.05) is 29.8 Å². The SMILES string of the molecule is CC1(C(=O)O)CCN(C(=O)Cc2ccccc2Cl)CC1. The fraction of sp³-hybridized carbons (Fsp3) is 0.467. The van der Waals surface area contributed by atoms with E-state index in [0.29, 0.717) is 31.0 Å². The molecular formula is C15H18ClNO3. The molecule has 1 aromatic carbocycles. The standard InChI is InChI=1S/C15H18ClNO3/c1-15(14(19)20)6-8-17(9-7-15)13(18)10-11-4-2-3-5-12(11)16/h2-5H,6-10H2,1H3,(H,19,20). The molecule has 0 radical (unpaired) electrons. The van der Waals surface area contributed by atoms with Crippen LogP contribution in [-0.4, -0.2) is 35.0 Å². The molecule has 0 unspecified atom stereocenters. The summed E-state index contributed by atoms with van der Waals surface area (Å²) >= 11 is 6.05. The molecule has 1 aliphatic rings. The molecule has 0 bridgehead atoms. The summed E-state index contributed by atoms with van der Waals surface area (Å²) in [5.74, 6) is -0.777. The highest BCUT2D eigenvalue weighted by atomic mass is 35.5. The van der Waals surface area contributed by atoms with Crippen LogP contribution < -0.4 is 0 Å². The highest BCUT2D eigenvalue weighted by Crippen LogP contribution is 2.31. The van der Waals surface area contributed by atoms with Gasteiger partial charge in [0.05, 0.1) is 11.8 Å². The van der Waals surface area contributed by atoms with Crippen LogP contribution in [0, 0.1) is 5.41 Å². The molecule has 0 aromatic heterocycles. The van der Waals surface area contributed by atoms with Gasteiger partial charge >= 0.3 is 5.97 Å². The van der Waals surface area contributed by atoms with Crippen LogP contribution in [-0.2, 0) is 16.0 Å². The number of carbonyl (C=O) groups excluding carboxylic acids is 1. The Morgan fingerprint density at radius 3 is 2.45 bits per heavy atom. The Morgan fingerprint density at radius 1 is 1.30 bits per heavy atom. The highest BCUT2D eigenvalue weighted by molar-refractivity contribution is 6.31. The smallest absolute Gasteiger partial charge is 0.309 e. The number of carboxylic acids is 1. The summed E-state index contributed by atoms with van der Waals surface area (Å²) in [4.78, 5) is 25.1. The largest absolute Gasteiger partial charge is 0.481 e. The van der Waals surface area contributed by atoms with Crippen LogP contribution in [0.1, 0.15) is 25.3 Å². The number of nitrogens with zero attached hydrogens (tertiary/aromatic N) is 1. The quantitative estimate of drug-likeness (QED) is 0.932. The summed E-state index contributed by atoms with van der Waals surface area (Å²) in [7, 11) is 0. The molecule has 0 atom stereocenters. The predicted octanol–water partition coefficient (Wildman–Crippen LogP) is 2.60. The zero-order valence-electron chi connectivity index (χ0n) is 11.4. The van der Waals surface area contributed by atoms with E-state index < -0.39 is 11.4 Å². The lowest BCUT2D eigenvalue weighted by Gasteiger charge is -2.36. The molecule has 0 spiro atoms. The van der Waals surface area contributed by atoms with Crippen molar-refractivity contribution in [1.82, 2.24) is 4.90 Å². The molecule has 5 heteroatoms. The lowest BCUT2D eigenvalue weighted by molar-refractivity contribution is -0.152. The van der Waals surface area contributed by atoms with Crippen LogP contribution in [0.3, 0.4) is 0 Å². The Kier molecular flexibility index (Phi) is 4.33. The Labute approximate surface area is 123 Å². The van der Waals surface area contributed by atoms with Crippen molar-refractivity contribution >= 4 is 23.5 Å². The minimum Gasteiger partial charge on any atom is -0.481 e. The first-order valence-corrected chi connectivity index (χ1v) is 7.05. The number of carbonyl (C=O) groups is 2. The van der Waals surface area contributed by atoms with E-state index in [9.17, 15) is 14.7 Å². The van der Waals surface area contributed by atoms with E-state index in [2.05, 4.69) is 0 Å². The van der Waals surface area contributed by atoms with Crippen LogP contribution in [0.15, 0.2) is 24.3 Å². The molecule has 0 aliphatic carbocycles. The molecule has 1 fully saturated rings. The van der Waals surface area contributed by atoms with Gasteiger partial charge < -0.3 is 10.0 Å².